The van der Waals surface area contributed by atoms with E-state index in [9.17, 15) is 0 Å². The summed E-state index contributed by atoms with van der Waals surface area (Å²) in [5, 5.41) is 7.15. The zero-order valence-corrected chi connectivity index (χ0v) is 32.1. The van der Waals surface area contributed by atoms with Crippen molar-refractivity contribution in [3.63, 3.8) is 0 Å². The predicted molar refractivity (Wildman–Crippen MR) is 245 cm³/mol. The van der Waals surface area contributed by atoms with Crippen LogP contribution in [0, 0.1) is 0 Å². The van der Waals surface area contributed by atoms with Gasteiger partial charge in [0.05, 0.1) is 11.1 Å². The number of para-hydroxylation sites is 2. The van der Waals surface area contributed by atoms with Gasteiger partial charge in [0.25, 0.3) is 0 Å². The van der Waals surface area contributed by atoms with E-state index in [-0.39, 0.29) is 0 Å². The molecule has 13 rings (SSSR count). The number of fused-ring (bicyclic) bond motifs is 16. The van der Waals surface area contributed by atoms with Crippen molar-refractivity contribution in [2.75, 3.05) is 4.90 Å². The largest absolute Gasteiger partial charge is 0.456 e. The molecule has 2 aliphatic carbocycles. The molecular formula is C57H35NO. The lowest BCUT2D eigenvalue weighted by atomic mass is 9.70. The highest BCUT2D eigenvalue weighted by Crippen LogP contribution is 2.63. The Hall–Kier alpha value is -7.68. The maximum atomic E-state index is 6.65. The zero-order valence-electron chi connectivity index (χ0n) is 32.1. The van der Waals surface area contributed by atoms with Gasteiger partial charge >= 0.3 is 0 Å². The number of hydrogen-bond acceptors (Lipinski definition) is 2. The quantitative estimate of drug-likeness (QED) is 0.167. The standard InChI is InChI=1S/C57H35NO/c1-2-16-37(17-3-1)58(38-30-32-45-44-21-8-12-27-50(44)57(51(45)35-38)48-25-10-6-19-42(48)43-20-7-11-26-49(43)57)52-33-34-54-56(47-22-9-13-28-53(47)59-54)55(52)46-24-14-23-40-39-18-5-4-15-36(39)29-31-41(40)46/h1-35H. The second-order valence-corrected chi connectivity index (χ2v) is 15.9. The summed E-state index contributed by atoms with van der Waals surface area (Å²) in [7, 11) is 0. The minimum absolute atomic E-state index is 0.457. The average Bonchev–Trinajstić information content (AvgIpc) is 3.93. The topological polar surface area (TPSA) is 16.4 Å². The molecule has 0 unspecified atom stereocenters. The van der Waals surface area contributed by atoms with E-state index in [2.05, 4.69) is 217 Å². The maximum absolute atomic E-state index is 6.65. The van der Waals surface area contributed by atoms with Gasteiger partial charge < -0.3 is 9.32 Å². The fourth-order valence-corrected chi connectivity index (χ4v) is 10.7. The SMILES string of the molecule is c1ccc(N(c2ccc3c(c2)C2(c4ccccc4-c4ccccc42)c2ccccc2-3)c2ccc3oc4ccccc4c3c2-c2cccc3c2ccc2ccccc23)cc1. The molecule has 2 heteroatoms. The first-order chi connectivity index (χ1) is 29.3. The molecule has 59 heavy (non-hydrogen) atoms. The van der Waals surface area contributed by atoms with Crippen LogP contribution >= 0.6 is 0 Å². The van der Waals surface area contributed by atoms with E-state index in [1.165, 1.54) is 71.6 Å². The summed E-state index contributed by atoms with van der Waals surface area (Å²) in [6, 6.07) is 78.1. The molecule has 2 aliphatic rings. The Morgan fingerprint density at radius 2 is 0.932 bits per heavy atom. The Labute approximate surface area is 341 Å². The highest BCUT2D eigenvalue weighted by atomic mass is 16.3. The predicted octanol–water partition coefficient (Wildman–Crippen LogP) is 15.4. The minimum Gasteiger partial charge on any atom is -0.456 e. The second-order valence-electron chi connectivity index (χ2n) is 15.9. The lowest BCUT2D eigenvalue weighted by Crippen LogP contribution is -2.26. The van der Waals surface area contributed by atoms with Crippen LogP contribution in [-0.4, -0.2) is 0 Å². The molecule has 0 aliphatic heterocycles. The van der Waals surface area contributed by atoms with E-state index in [0.717, 1.165) is 44.6 Å². The van der Waals surface area contributed by atoms with Gasteiger partial charge in [0, 0.05) is 27.7 Å². The highest BCUT2D eigenvalue weighted by Gasteiger charge is 2.51. The van der Waals surface area contributed by atoms with Gasteiger partial charge in [-0.15, -0.1) is 0 Å². The molecule has 274 valence electrons. The normalized spacial score (nSPS) is 13.2. The second kappa shape index (κ2) is 12.2. The Morgan fingerprint density at radius 3 is 1.68 bits per heavy atom. The van der Waals surface area contributed by atoms with E-state index >= 15 is 0 Å². The van der Waals surface area contributed by atoms with Crippen molar-refractivity contribution in [3.8, 4) is 33.4 Å². The van der Waals surface area contributed by atoms with E-state index in [1.807, 2.05) is 0 Å². The smallest absolute Gasteiger partial charge is 0.136 e. The van der Waals surface area contributed by atoms with E-state index in [0.29, 0.717) is 0 Å². The van der Waals surface area contributed by atoms with Crippen molar-refractivity contribution in [2.45, 2.75) is 5.41 Å². The Bertz CT molecular complexity index is 3460. The first-order valence-corrected chi connectivity index (χ1v) is 20.4. The third-order valence-electron chi connectivity index (χ3n) is 13.1. The molecule has 0 radical (unpaired) electrons. The van der Waals surface area contributed by atoms with Crippen LogP contribution in [0.1, 0.15) is 22.3 Å². The number of rotatable bonds is 4. The van der Waals surface area contributed by atoms with Gasteiger partial charge in [-0.05, 0) is 114 Å². The van der Waals surface area contributed by atoms with Crippen LogP contribution in [-0.2, 0) is 5.41 Å². The summed E-state index contributed by atoms with van der Waals surface area (Å²) < 4.78 is 6.65. The summed E-state index contributed by atoms with van der Waals surface area (Å²) in [6.07, 6.45) is 0. The van der Waals surface area contributed by atoms with E-state index < -0.39 is 5.41 Å². The fraction of sp³-hybridized carbons (Fsp3) is 0.0175. The first kappa shape index (κ1) is 32.4. The van der Waals surface area contributed by atoms with Crippen LogP contribution in [0.5, 0.6) is 0 Å². The number of hydrogen-bond donors (Lipinski definition) is 0. The fourth-order valence-electron chi connectivity index (χ4n) is 10.7. The molecule has 0 bridgehead atoms. The van der Waals surface area contributed by atoms with Gasteiger partial charge in [0.2, 0.25) is 0 Å². The van der Waals surface area contributed by atoms with Gasteiger partial charge in [-0.2, -0.15) is 0 Å². The number of nitrogens with zero attached hydrogens (tertiary/aromatic N) is 1. The van der Waals surface area contributed by atoms with Gasteiger partial charge in [-0.25, -0.2) is 0 Å². The van der Waals surface area contributed by atoms with Crippen LogP contribution in [0.15, 0.2) is 217 Å². The lowest BCUT2D eigenvalue weighted by Gasteiger charge is -2.33. The Morgan fingerprint density at radius 1 is 0.339 bits per heavy atom. The number of benzene rings is 10. The van der Waals surface area contributed by atoms with Crippen molar-refractivity contribution in [1.29, 1.82) is 0 Å². The molecule has 2 nitrogen and oxygen atoms in total. The zero-order chi connectivity index (χ0) is 38.7. The number of furan rings is 1. The molecule has 0 amide bonds. The van der Waals surface area contributed by atoms with Crippen LogP contribution in [0.2, 0.25) is 0 Å². The monoisotopic (exact) mass is 749 g/mol. The molecular weight excluding hydrogens is 715 g/mol. The Kier molecular flexibility index (Phi) is 6.68. The molecule has 1 spiro atoms. The lowest BCUT2D eigenvalue weighted by molar-refractivity contribution is 0.669. The molecule has 1 heterocycles. The third kappa shape index (κ3) is 4.35. The van der Waals surface area contributed by atoms with Crippen molar-refractivity contribution in [1.82, 2.24) is 0 Å². The van der Waals surface area contributed by atoms with Crippen LogP contribution in [0.25, 0.3) is 76.9 Å². The third-order valence-corrected chi connectivity index (χ3v) is 13.1. The van der Waals surface area contributed by atoms with Crippen LogP contribution in [0.3, 0.4) is 0 Å². The molecule has 11 aromatic rings. The van der Waals surface area contributed by atoms with Gasteiger partial charge in [0.15, 0.2) is 0 Å². The van der Waals surface area contributed by atoms with Gasteiger partial charge in [-0.1, -0.05) is 170 Å². The molecule has 0 saturated heterocycles. The summed E-state index contributed by atoms with van der Waals surface area (Å²) in [5.74, 6) is 0. The van der Waals surface area contributed by atoms with Crippen LogP contribution < -0.4 is 4.90 Å². The van der Waals surface area contributed by atoms with Crippen molar-refractivity contribution in [3.05, 3.63) is 235 Å². The molecule has 0 atom stereocenters. The van der Waals surface area contributed by atoms with Crippen molar-refractivity contribution in [2.24, 2.45) is 0 Å². The minimum atomic E-state index is -0.457. The summed E-state index contributed by atoms with van der Waals surface area (Å²) >= 11 is 0. The summed E-state index contributed by atoms with van der Waals surface area (Å²) in [4.78, 5) is 2.47. The summed E-state index contributed by atoms with van der Waals surface area (Å²) in [5.41, 5.74) is 17.4. The van der Waals surface area contributed by atoms with Gasteiger partial charge in [-0.3, -0.25) is 0 Å². The van der Waals surface area contributed by atoms with Crippen molar-refractivity contribution >= 4 is 60.5 Å². The van der Waals surface area contributed by atoms with E-state index in [1.54, 1.807) is 0 Å². The molecule has 10 aromatic carbocycles. The molecule has 0 saturated carbocycles. The molecule has 0 N–H and O–H groups in total. The first-order valence-electron chi connectivity index (χ1n) is 20.4. The molecule has 0 fully saturated rings. The average molecular weight is 750 g/mol. The number of anilines is 3. The summed E-state index contributed by atoms with van der Waals surface area (Å²) in [6.45, 7) is 0. The molecule has 1 aromatic heterocycles. The van der Waals surface area contributed by atoms with Gasteiger partial charge in [0.1, 0.15) is 11.2 Å². The highest BCUT2D eigenvalue weighted by molar-refractivity contribution is 6.21. The van der Waals surface area contributed by atoms with Crippen molar-refractivity contribution < 1.29 is 4.42 Å². The van der Waals surface area contributed by atoms with Crippen LogP contribution in [0.4, 0.5) is 17.1 Å². The Balaban J connectivity index is 1.14. The van der Waals surface area contributed by atoms with E-state index in [4.69, 9.17) is 4.42 Å². The maximum Gasteiger partial charge on any atom is 0.136 e.